The highest BCUT2D eigenvalue weighted by Crippen LogP contribution is 2.38. The Morgan fingerprint density at radius 3 is 3.09 bits per heavy atom. The fraction of sp³-hybridized carbons (Fsp3) is 0.588. The van der Waals surface area contributed by atoms with Crippen LogP contribution in [0.3, 0.4) is 0 Å². The molecule has 0 amide bonds. The summed E-state index contributed by atoms with van der Waals surface area (Å²) < 4.78 is 18.8. The van der Waals surface area contributed by atoms with Crippen LogP contribution in [0.25, 0.3) is 0 Å². The summed E-state index contributed by atoms with van der Waals surface area (Å²) >= 11 is 0. The number of likely N-dealkylation sites (tertiary alicyclic amines) is 1. The number of nitrogens with zero attached hydrogens (tertiary/aromatic N) is 2. The monoisotopic (exact) mass is 321 g/mol. The molecule has 2 fully saturated rings. The smallest absolute Gasteiger partial charge is 0.193 e. The highest BCUT2D eigenvalue weighted by atomic mass is 19.1. The summed E-state index contributed by atoms with van der Waals surface area (Å²) in [5, 5.41) is 13.4. The summed E-state index contributed by atoms with van der Waals surface area (Å²) in [4.78, 5) is 6.53. The van der Waals surface area contributed by atoms with Crippen LogP contribution in [0.4, 0.5) is 4.39 Å². The van der Waals surface area contributed by atoms with Crippen molar-refractivity contribution >= 4 is 5.96 Å². The molecule has 0 saturated carbocycles. The minimum atomic E-state index is -0.770. The highest BCUT2D eigenvalue weighted by molar-refractivity contribution is 5.80. The Morgan fingerprint density at radius 2 is 2.39 bits per heavy atom. The first-order valence-corrected chi connectivity index (χ1v) is 8.09. The van der Waals surface area contributed by atoms with Crippen LogP contribution in [0.1, 0.15) is 24.5 Å². The average molecular weight is 321 g/mol. The topological polar surface area (TPSA) is 57.1 Å². The number of hydrogen-bond acceptors (Lipinski definition) is 3. The molecule has 5 nitrogen and oxygen atoms in total. The lowest BCUT2D eigenvalue weighted by atomic mass is 9.87. The number of aliphatic hydroxyl groups excluding tert-OH is 1. The predicted octanol–water partition coefficient (Wildman–Crippen LogP) is 1.55. The van der Waals surface area contributed by atoms with Gasteiger partial charge >= 0.3 is 0 Å². The zero-order chi connectivity index (χ0) is 16.3. The molecule has 0 aliphatic carbocycles. The van der Waals surface area contributed by atoms with Gasteiger partial charge in [-0.15, -0.1) is 0 Å². The first-order valence-electron chi connectivity index (χ1n) is 8.09. The fourth-order valence-electron chi connectivity index (χ4n) is 3.44. The van der Waals surface area contributed by atoms with Crippen LogP contribution in [-0.4, -0.2) is 55.9 Å². The van der Waals surface area contributed by atoms with E-state index in [0.29, 0.717) is 12.1 Å². The highest BCUT2D eigenvalue weighted by Gasteiger charge is 2.42. The zero-order valence-corrected chi connectivity index (χ0v) is 13.5. The van der Waals surface area contributed by atoms with Crippen molar-refractivity contribution in [2.45, 2.75) is 18.9 Å². The molecular weight excluding hydrogens is 297 g/mol. The molecule has 126 valence electrons. The number of nitrogens with one attached hydrogen (secondary N) is 1. The Balaban J connectivity index is 1.56. The van der Waals surface area contributed by atoms with Crippen LogP contribution in [0, 0.1) is 11.2 Å². The summed E-state index contributed by atoms with van der Waals surface area (Å²) in [7, 11) is 1.74. The Kier molecular flexibility index (Phi) is 4.82. The lowest BCUT2D eigenvalue weighted by Gasteiger charge is -2.25. The predicted molar refractivity (Wildman–Crippen MR) is 86.8 cm³/mol. The second kappa shape index (κ2) is 6.84. The molecule has 2 N–H and O–H groups in total. The fourth-order valence-corrected chi connectivity index (χ4v) is 3.44. The van der Waals surface area contributed by atoms with Crippen LogP contribution in [0.15, 0.2) is 29.3 Å². The van der Waals surface area contributed by atoms with E-state index in [1.807, 2.05) is 0 Å². The summed E-state index contributed by atoms with van der Waals surface area (Å²) in [6.07, 6.45) is 1.45. The molecule has 0 aromatic heterocycles. The minimum absolute atomic E-state index is 0.263. The van der Waals surface area contributed by atoms with Gasteiger partial charge in [-0.05, 0) is 30.5 Å². The largest absolute Gasteiger partial charge is 0.387 e. The van der Waals surface area contributed by atoms with Crippen molar-refractivity contribution in [1.82, 2.24) is 10.2 Å². The number of rotatable bonds is 3. The van der Waals surface area contributed by atoms with E-state index >= 15 is 0 Å². The van der Waals surface area contributed by atoms with Crippen molar-refractivity contribution < 1.29 is 14.2 Å². The average Bonchev–Trinajstić information content (AvgIpc) is 3.18. The van der Waals surface area contributed by atoms with Crippen molar-refractivity contribution in [2.75, 3.05) is 39.9 Å². The van der Waals surface area contributed by atoms with Crippen molar-refractivity contribution in [3.8, 4) is 0 Å². The number of aliphatic hydroxyl groups is 1. The first-order chi connectivity index (χ1) is 11.1. The number of ether oxygens (including phenoxy) is 1. The van der Waals surface area contributed by atoms with Gasteiger partial charge in [-0.3, -0.25) is 4.99 Å². The SMILES string of the molecule is CN=C(NCC(O)c1cccc(F)c1)N1CCC2(CCOC2)C1. The Labute approximate surface area is 136 Å². The van der Waals surface area contributed by atoms with Crippen LogP contribution >= 0.6 is 0 Å². The maximum atomic E-state index is 13.2. The molecule has 2 atom stereocenters. The van der Waals surface area contributed by atoms with E-state index < -0.39 is 6.10 Å². The van der Waals surface area contributed by atoms with Crippen molar-refractivity contribution in [2.24, 2.45) is 10.4 Å². The molecule has 2 aliphatic heterocycles. The lowest BCUT2D eigenvalue weighted by Crippen LogP contribution is -2.42. The van der Waals surface area contributed by atoms with E-state index in [0.717, 1.165) is 45.1 Å². The van der Waals surface area contributed by atoms with E-state index in [1.54, 1.807) is 19.2 Å². The Hall–Kier alpha value is -1.66. The van der Waals surface area contributed by atoms with Gasteiger partial charge in [0.25, 0.3) is 0 Å². The lowest BCUT2D eigenvalue weighted by molar-refractivity contribution is 0.156. The van der Waals surface area contributed by atoms with E-state index in [9.17, 15) is 9.50 Å². The molecule has 1 aromatic carbocycles. The molecular formula is C17H24FN3O2. The summed E-state index contributed by atoms with van der Waals surface area (Å²) in [6, 6.07) is 6.05. The second-order valence-electron chi connectivity index (χ2n) is 6.47. The van der Waals surface area contributed by atoms with Gasteiger partial charge in [0.1, 0.15) is 5.82 Å². The maximum Gasteiger partial charge on any atom is 0.193 e. The minimum Gasteiger partial charge on any atom is -0.387 e. The molecule has 1 spiro atoms. The van der Waals surface area contributed by atoms with Crippen molar-refractivity contribution in [1.29, 1.82) is 0 Å². The number of benzene rings is 1. The van der Waals surface area contributed by atoms with Crippen LogP contribution < -0.4 is 5.32 Å². The number of hydrogen-bond donors (Lipinski definition) is 2. The molecule has 1 aromatic rings. The van der Waals surface area contributed by atoms with Crippen LogP contribution in [-0.2, 0) is 4.74 Å². The van der Waals surface area contributed by atoms with Gasteiger partial charge in [0.05, 0.1) is 12.7 Å². The van der Waals surface area contributed by atoms with Gasteiger partial charge in [-0.2, -0.15) is 0 Å². The summed E-state index contributed by atoms with van der Waals surface area (Å²) in [5.41, 5.74) is 0.828. The zero-order valence-electron chi connectivity index (χ0n) is 13.5. The first kappa shape index (κ1) is 16.2. The third-order valence-corrected chi connectivity index (χ3v) is 4.82. The second-order valence-corrected chi connectivity index (χ2v) is 6.47. The van der Waals surface area contributed by atoms with Crippen molar-refractivity contribution in [3.63, 3.8) is 0 Å². The Morgan fingerprint density at radius 1 is 1.52 bits per heavy atom. The molecule has 0 bridgehead atoms. The van der Waals surface area contributed by atoms with Gasteiger partial charge in [-0.1, -0.05) is 12.1 Å². The van der Waals surface area contributed by atoms with Gasteiger partial charge in [0.15, 0.2) is 5.96 Å². The molecule has 2 unspecified atom stereocenters. The quantitative estimate of drug-likeness (QED) is 0.655. The van der Waals surface area contributed by atoms with Gasteiger partial charge in [0.2, 0.25) is 0 Å². The normalized spacial score (nSPS) is 26.0. The number of guanidine groups is 1. The summed E-state index contributed by atoms with van der Waals surface area (Å²) in [5.74, 6) is 0.442. The molecule has 3 rings (SSSR count). The van der Waals surface area contributed by atoms with Gasteiger partial charge < -0.3 is 20.1 Å². The van der Waals surface area contributed by atoms with Crippen LogP contribution in [0.2, 0.25) is 0 Å². The van der Waals surface area contributed by atoms with Gasteiger partial charge in [-0.25, -0.2) is 4.39 Å². The number of aliphatic imine (C=N–C) groups is 1. The molecule has 2 aliphatic rings. The molecule has 2 heterocycles. The van der Waals surface area contributed by atoms with E-state index in [1.165, 1.54) is 12.1 Å². The summed E-state index contributed by atoms with van der Waals surface area (Å²) in [6.45, 7) is 3.85. The molecule has 0 radical (unpaired) electrons. The molecule has 23 heavy (non-hydrogen) atoms. The third-order valence-electron chi connectivity index (χ3n) is 4.82. The van der Waals surface area contributed by atoms with E-state index in [-0.39, 0.29) is 11.2 Å². The molecule has 2 saturated heterocycles. The van der Waals surface area contributed by atoms with Crippen LogP contribution in [0.5, 0.6) is 0 Å². The maximum absolute atomic E-state index is 13.2. The standard InChI is InChI=1S/C17H24FN3O2/c1-19-16(21-7-5-17(11-21)6-8-23-12-17)20-10-15(22)13-3-2-4-14(18)9-13/h2-4,9,15,22H,5-8,10-12H2,1H3,(H,19,20). The molecule has 6 heteroatoms. The van der Waals surface area contributed by atoms with E-state index in [2.05, 4.69) is 15.2 Å². The third kappa shape index (κ3) is 3.64. The number of halogens is 1. The van der Waals surface area contributed by atoms with E-state index in [4.69, 9.17) is 4.74 Å². The Bertz CT molecular complexity index is 573. The van der Waals surface area contributed by atoms with Gasteiger partial charge in [0, 0.05) is 38.7 Å². The van der Waals surface area contributed by atoms with Crippen molar-refractivity contribution in [3.05, 3.63) is 35.6 Å².